The molecule has 2 N–H and O–H groups in total. The molecular weight excluding hydrogens is 535 g/mol. The van der Waals surface area contributed by atoms with Crippen LogP contribution >= 0.6 is 35.3 Å². The number of aliphatic imine (C=N–C) groups is 1. The largest absolute Gasteiger partial charge is 0.435 e. The molecule has 3 rings (SSSR count). The van der Waals surface area contributed by atoms with E-state index in [9.17, 15) is 8.78 Å². The number of anilines is 1. The van der Waals surface area contributed by atoms with Gasteiger partial charge in [-0.05, 0) is 57.9 Å². The molecule has 2 heterocycles. The summed E-state index contributed by atoms with van der Waals surface area (Å²) in [5.74, 6) is 0.978. The Morgan fingerprint density at radius 1 is 1.32 bits per heavy atom. The van der Waals surface area contributed by atoms with E-state index in [2.05, 4.69) is 32.2 Å². The van der Waals surface area contributed by atoms with Gasteiger partial charge in [0.05, 0.1) is 17.2 Å². The zero-order valence-corrected chi connectivity index (χ0v) is 21.2. The molecule has 0 saturated carbocycles. The van der Waals surface area contributed by atoms with Gasteiger partial charge in [-0.1, -0.05) is 0 Å². The van der Waals surface area contributed by atoms with Crippen LogP contribution in [-0.4, -0.2) is 43.2 Å². The highest BCUT2D eigenvalue weighted by atomic mass is 127. The van der Waals surface area contributed by atoms with Crippen molar-refractivity contribution >= 4 is 47.0 Å². The van der Waals surface area contributed by atoms with Crippen LogP contribution in [0.3, 0.4) is 0 Å². The van der Waals surface area contributed by atoms with Crippen LogP contribution in [0.25, 0.3) is 0 Å². The molecule has 31 heavy (non-hydrogen) atoms. The lowest BCUT2D eigenvalue weighted by atomic mass is 10.0. The summed E-state index contributed by atoms with van der Waals surface area (Å²) in [5.41, 5.74) is 2.04. The maximum atomic E-state index is 12.3. The molecule has 1 aliphatic rings. The van der Waals surface area contributed by atoms with E-state index < -0.39 is 6.61 Å². The highest BCUT2D eigenvalue weighted by Gasteiger charge is 2.21. The molecule has 1 atom stereocenters. The molecule has 1 aromatic carbocycles. The molecule has 0 spiro atoms. The minimum atomic E-state index is -2.80. The average molecular weight is 565 g/mol. The molecule has 10 heteroatoms. The fourth-order valence-corrected chi connectivity index (χ4v) is 4.41. The summed E-state index contributed by atoms with van der Waals surface area (Å²) in [6, 6.07) is 7.08. The Labute approximate surface area is 203 Å². The summed E-state index contributed by atoms with van der Waals surface area (Å²) in [7, 11) is 0. The van der Waals surface area contributed by atoms with Gasteiger partial charge >= 0.3 is 6.61 Å². The lowest BCUT2D eigenvalue weighted by Gasteiger charge is -2.35. The van der Waals surface area contributed by atoms with Crippen LogP contribution < -0.4 is 20.3 Å². The number of rotatable bonds is 7. The number of aryl methyl sites for hydroxylation is 2. The normalized spacial score (nSPS) is 16.8. The zero-order chi connectivity index (χ0) is 21.5. The van der Waals surface area contributed by atoms with Crippen LogP contribution in [0.4, 0.5) is 14.5 Å². The summed E-state index contributed by atoms with van der Waals surface area (Å²) < 4.78 is 29.1. The molecule has 1 fully saturated rings. The summed E-state index contributed by atoms with van der Waals surface area (Å²) in [5, 5.41) is 7.93. The number of ether oxygens (including phenoxy) is 1. The predicted octanol–water partition coefficient (Wildman–Crippen LogP) is 4.70. The number of piperidine rings is 1. The van der Waals surface area contributed by atoms with Crippen molar-refractivity contribution < 1.29 is 13.5 Å². The third-order valence-corrected chi connectivity index (χ3v) is 5.97. The predicted molar refractivity (Wildman–Crippen MR) is 133 cm³/mol. The minimum absolute atomic E-state index is 0. The van der Waals surface area contributed by atoms with Crippen molar-refractivity contribution in [2.24, 2.45) is 4.99 Å². The molecular formula is C21H30F2IN5OS. The number of nitrogens with one attached hydrogen (secondary N) is 2. The monoisotopic (exact) mass is 565 g/mol. The number of thiazole rings is 1. The van der Waals surface area contributed by atoms with Crippen molar-refractivity contribution in [2.75, 3.05) is 24.5 Å². The third-order valence-electron chi connectivity index (χ3n) is 4.91. The quantitative estimate of drug-likeness (QED) is 0.290. The number of hydrogen-bond acceptors (Lipinski definition) is 5. The second kappa shape index (κ2) is 12.4. The molecule has 0 aliphatic carbocycles. The Balaban J connectivity index is 0.00000341. The smallest absolute Gasteiger partial charge is 0.387 e. The van der Waals surface area contributed by atoms with Gasteiger partial charge < -0.3 is 20.3 Å². The van der Waals surface area contributed by atoms with Gasteiger partial charge in [0.15, 0.2) is 5.96 Å². The first-order valence-electron chi connectivity index (χ1n) is 10.2. The van der Waals surface area contributed by atoms with Gasteiger partial charge in [0.1, 0.15) is 5.75 Å². The Bertz CT molecular complexity index is 847. The lowest BCUT2D eigenvalue weighted by molar-refractivity contribution is -0.0498. The Kier molecular flexibility index (Phi) is 10.2. The lowest BCUT2D eigenvalue weighted by Crippen LogP contribution is -2.51. The van der Waals surface area contributed by atoms with E-state index in [1.807, 2.05) is 26.0 Å². The van der Waals surface area contributed by atoms with Crippen LogP contribution in [0.15, 0.2) is 29.3 Å². The molecule has 1 aliphatic heterocycles. The molecule has 6 nitrogen and oxygen atoms in total. The van der Waals surface area contributed by atoms with Crippen molar-refractivity contribution in [2.45, 2.75) is 52.8 Å². The van der Waals surface area contributed by atoms with Gasteiger partial charge in [-0.2, -0.15) is 8.78 Å². The first kappa shape index (κ1) is 25.6. The zero-order valence-electron chi connectivity index (χ0n) is 18.0. The fourth-order valence-electron chi connectivity index (χ4n) is 3.55. The Morgan fingerprint density at radius 3 is 2.68 bits per heavy atom. The van der Waals surface area contributed by atoms with Gasteiger partial charge in [0.2, 0.25) is 0 Å². The number of benzene rings is 1. The molecule has 0 amide bonds. The first-order chi connectivity index (χ1) is 14.4. The number of alkyl halides is 2. The number of guanidine groups is 1. The topological polar surface area (TPSA) is 61.8 Å². The molecule has 172 valence electrons. The Morgan fingerprint density at radius 2 is 2.06 bits per heavy atom. The molecule has 1 aromatic heterocycles. The molecule has 0 bridgehead atoms. The van der Waals surface area contributed by atoms with Gasteiger partial charge in [-0.3, -0.25) is 0 Å². The van der Waals surface area contributed by atoms with Crippen LogP contribution in [0.1, 0.15) is 35.3 Å². The van der Waals surface area contributed by atoms with E-state index in [0.717, 1.165) is 54.8 Å². The van der Waals surface area contributed by atoms with Crippen LogP contribution in [-0.2, 0) is 6.54 Å². The van der Waals surface area contributed by atoms with Gasteiger partial charge in [-0.25, -0.2) is 9.98 Å². The van der Waals surface area contributed by atoms with Gasteiger partial charge in [0, 0.05) is 36.2 Å². The van der Waals surface area contributed by atoms with E-state index in [0.29, 0.717) is 6.54 Å². The van der Waals surface area contributed by atoms with Crippen LogP contribution in [0, 0.1) is 13.8 Å². The van der Waals surface area contributed by atoms with Gasteiger partial charge in [-0.15, -0.1) is 35.3 Å². The van der Waals surface area contributed by atoms with Crippen LogP contribution in [0.2, 0.25) is 0 Å². The minimum Gasteiger partial charge on any atom is -0.435 e. The number of nitrogens with zero attached hydrogens (tertiary/aromatic N) is 3. The highest BCUT2D eigenvalue weighted by molar-refractivity contribution is 14.0. The summed E-state index contributed by atoms with van der Waals surface area (Å²) in [4.78, 5) is 12.7. The second-order valence-corrected chi connectivity index (χ2v) is 8.53. The second-order valence-electron chi connectivity index (χ2n) is 7.24. The number of aromatic nitrogens is 1. The van der Waals surface area contributed by atoms with E-state index in [-0.39, 0.29) is 35.8 Å². The number of hydrogen-bond donors (Lipinski definition) is 2. The summed E-state index contributed by atoms with van der Waals surface area (Å²) in [6.07, 6.45) is 2.09. The maximum Gasteiger partial charge on any atom is 0.387 e. The SMILES string of the molecule is CCNC(=NCc1sc(C)nc1C)NC1CCCN(c2ccc(OC(F)F)cc2)C1.I. The van der Waals surface area contributed by atoms with Crippen molar-refractivity contribution in [1.82, 2.24) is 15.6 Å². The maximum absolute atomic E-state index is 12.3. The third kappa shape index (κ3) is 7.74. The van der Waals surface area contributed by atoms with E-state index in [4.69, 9.17) is 4.99 Å². The molecule has 1 saturated heterocycles. The Hall–Kier alpha value is -1.69. The summed E-state index contributed by atoms with van der Waals surface area (Å²) >= 11 is 1.68. The molecule has 1 unspecified atom stereocenters. The van der Waals surface area contributed by atoms with Crippen molar-refractivity contribution in [3.63, 3.8) is 0 Å². The van der Waals surface area contributed by atoms with Crippen molar-refractivity contribution in [3.05, 3.63) is 39.8 Å². The highest BCUT2D eigenvalue weighted by Crippen LogP contribution is 2.24. The van der Waals surface area contributed by atoms with Crippen molar-refractivity contribution in [1.29, 1.82) is 0 Å². The standard InChI is InChI=1S/C21H29F2N5OS.HI/c1-4-24-21(25-12-19-14(2)26-15(3)30-19)27-16-6-5-11-28(13-16)17-7-9-18(10-8-17)29-20(22)23;/h7-10,16,20H,4-6,11-13H2,1-3H3,(H2,24,25,27);1H. The number of halogens is 3. The molecule has 0 radical (unpaired) electrons. The average Bonchev–Trinajstić information content (AvgIpc) is 3.04. The van der Waals surface area contributed by atoms with Crippen molar-refractivity contribution in [3.8, 4) is 5.75 Å². The van der Waals surface area contributed by atoms with E-state index >= 15 is 0 Å². The molecule has 2 aromatic rings. The van der Waals surface area contributed by atoms with E-state index in [1.54, 1.807) is 23.5 Å². The van der Waals surface area contributed by atoms with Gasteiger partial charge in [0.25, 0.3) is 0 Å². The fraction of sp³-hybridized carbons (Fsp3) is 0.524. The van der Waals surface area contributed by atoms with E-state index in [1.165, 1.54) is 4.88 Å². The van der Waals surface area contributed by atoms with Crippen LogP contribution in [0.5, 0.6) is 5.75 Å². The summed E-state index contributed by atoms with van der Waals surface area (Å²) in [6.45, 7) is 6.42. The first-order valence-corrected chi connectivity index (χ1v) is 11.0.